The Morgan fingerprint density at radius 3 is 2.09 bits per heavy atom. The van der Waals surface area contributed by atoms with E-state index in [1.807, 2.05) is 52.0 Å². The zero-order valence-electron chi connectivity index (χ0n) is 20.1. The first kappa shape index (κ1) is 26.4. The molecule has 7 nitrogen and oxygen atoms in total. The number of nitrogens with zero attached hydrogens (tertiary/aromatic N) is 2. The van der Waals surface area contributed by atoms with Crippen LogP contribution < -0.4 is 9.62 Å². The molecule has 33 heavy (non-hydrogen) atoms. The van der Waals surface area contributed by atoms with Crippen LogP contribution in [0.5, 0.6) is 0 Å². The van der Waals surface area contributed by atoms with Gasteiger partial charge in [0.2, 0.25) is 21.8 Å². The van der Waals surface area contributed by atoms with E-state index in [0.29, 0.717) is 12.1 Å². The molecule has 2 amide bonds. The minimum atomic E-state index is -3.72. The van der Waals surface area contributed by atoms with Gasteiger partial charge in [0.1, 0.15) is 12.6 Å². The molecule has 0 radical (unpaired) electrons. The van der Waals surface area contributed by atoms with Crippen molar-refractivity contribution in [1.82, 2.24) is 10.2 Å². The fourth-order valence-corrected chi connectivity index (χ4v) is 4.31. The van der Waals surface area contributed by atoms with Crippen LogP contribution in [0.4, 0.5) is 5.69 Å². The van der Waals surface area contributed by atoms with Gasteiger partial charge in [0, 0.05) is 12.6 Å². The lowest BCUT2D eigenvalue weighted by atomic mass is 10.1. The number of amides is 2. The molecule has 0 unspecified atom stereocenters. The summed E-state index contributed by atoms with van der Waals surface area (Å²) < 4.78 is 26.1. The molecule has 2 aromatic rings. The Morgan fingerprint density at radius 1 is 0.970 bits per heavy atom. The Balaban J connectivity index is 2.40. The molecule has 0 saturated heterocycles. The minimum absolute atomic E-state index is 0.0280. The van der Waals surface area contributed by atoms with Gasteiger partial charge in [-0.2, -0.15) is 0 Å². The highest BCUT2D eigenvalue weighted by Gasteiger charge is 2.32. The molecule has 0 spiro atoms. The maximum atomic E-state index is 13.5. The largest absolute Gasteiger partial charge is 0.352 e. The fraction of sp³-hybridized carbons (Fsp3) is 0.440. The van der Waals surface area contributed by atoms with Crippen molar-refractivity contribution < 1.29 is 18.0 Å². The normalized spacial score (nSPS) is 13.1. The van der Waals surface area contributed by atoms with E-state index in [1.165, 1.54) is 4.90 Å². The number of para-hydroxylation sites is 1. The van der Waals surface area contributed by atoms with Crippen LogP contribution >= 0.6 is 0 Å². The lowest BCUT2D eigenvalue weighted by molar-refractivity contribution is -0.140. The Kier molecular flexibility index (Phi) is 9.46. The van der Waals surface area contributed by atoms with E-state index in [1.54, 1.807) is 30.3 Å². The second kappa shape index (κ2) is 11.8. The van der Waals surface area contributed by atoms with Crippen LogP contribution in [-0.4, -0.2) is 50.0 Å². The molecule has 0 aromatic heterocycles. The molecular weight excluding hydrogens is 438 g/mol. The van der Waals surface area contributed by atoms with Crippen molar-refractivity contribution in [2.75, 3.05) is 17.1 Å². The zero-order chi connectivity index (χ0) is 24.6. The molecule has 0 bridgehead atoms. The predicted molar refractivity (Wildman–Crippen MR) is 132 cm³/mol. The minimum Gasteiger partial charge on any atom is -0.352 e. The Morgan fingerprint density at radius 2 is 1.58 bits per heavy atom. The number of hydrogen-bond donors (Lipinski definition) is 1. The highest BCUT2D eigenvalue weighted by atomic mass is 32.2. The number of benzene rings is 2. The van der Waals surface area contributed by atoms with Crippen LogP contribution in [0.2, 0.25) is 0 Å². The van der Waals surface area contributed by atoms with Crippen LogP contribution in [0.15, 0.2) is 54.6 Å². The van der Waals surface area contributed by atoms with Gasteiger partial charge in [-0.3, -0.25) is 13.9 Å². The van der Waals surface area contributed by atoms with Gasteiger partial charge in [-0.15, -0.1) is 0 Å². The third-order valence-electron chi connectivity index (χ3n) is 5.58. The van der Waals surface area contributed by atoms with E-state index in [-0.39, 0.29) is 25.0 Å². The fourth-order valence-electron chi connectivity index (χ4n) is 3.46. The van der Waals surface area contributed by atoms with E-state index >= 15 is 0 Å². The van der Waals surface area contributed by atoms with Gasteiger partial charge in [-0.1, -0.05) is 61.9 Å². The van der Waals surface area contributed by atoms with Crippen LogP contribution in [0.1, 0.15) is 44.7 Å². The molecule has 0 fully saturated rings. The number of hydrogen-bond acceptors (Lipinski definition) is 4. The zero-order valence-corrected chi connectivity index (χ0v) is 20.9. The topological polar surface area (TPSA) is 86.8 Å². The van der Waals surface area contributed by atoms with Crippen molar-refractivity contribution in [2.24, 2.45) is 0 Å². The van der Waals surface area contributed by atoms with Gasteiger partial charge in [-0.25, -0.2) is 8.42 Å². The number of nitrogens with one attached hydrogen (secondary N) is 1. The second-order valence-corrected chi connectivity index (χ2v) is 10.3. The Labute approximate surface area is 197 Å². The first-order valence-corrected chi connectivity index (χ1v) is 13.1. The standard InChI is InChI=1S/C25H35N3O4S/c1-6-20(4)26-25(30)23(7-2)27(17-21-15-13-19(3)14-16-21)24(29)18-28(33(5,31)32)22-11-9-8-10-12-22/h8-16,20,23H,6-7,17-18H2,1-5H3,(H,26,30)/t20-,23+/m1/s1. The van der Waals surface area contributed by atoms with Crippen molar-refractivity contribution in [3.05, 3.63) is 65.7 Å². The van der Waals surface area contributed by atoms with Gasteiger partial charge in [0.25, 0.3) is 0 Å². The number of anilines is 1. The number of carbonyl (C=O) groups excluding carboxylic acids is 2. The summed E-state index contributed by atoms with van der Waals surface area (Å²) in [7, 11) is -3.72. The number of aryl methyl sites for hydroxylation is 1. The molecule has 0 aliphatic carbocycles. The highest BCUT2D eigenvalue weighted by Crippen LogP contribution is 2.19. The maximum absolute atomic E-state index is 13.5. The first-order valence-electron chi connectivity index (χ1n) is 11.2. The van der Waals surface area contributed by atoms with Crippen LogP contribution in [-0.2, 0) is 26.2 Å². The summed E-state index contributed by atoms with van der Waals surface area (Å²) in [6, 6.07) is 15.5. The molecule has 0 aliphatic heterocycles. The van der Waals surface area contributed by atoms with Crippen molar-refractivity contribution in [3.8, 4) is 0 Å². The summed E-state index contributed by atoms with van der Waals surface area (Å²) in [5.74, 6) is -0.672. The summed E-state index contributed by atoms with van der Waals surface area (Å²) in [6.45, 7) is 7.54. The van der Waals surface area contributed by atoms with Crippen LogP contribution in [0.3, 0.4) is 0 Å². The maximum Gasteiger partial charge on any atom is 0.244 e. The number of rotatable bonds is 11. The molecule has 2 atom stereocenters. The van der Waals surface area contributed by atoms with E-state index in [2.05, 4.69) is 5.32 Å². The second-order valence-electron chi connectivity index (χ2n) is 8.35. The molecule has 180 valence electrons. The van der Waals surface area contributed by atoms with E-state index in [4.69, 9.17) is 0 Å². The predicted octanol–water partition coefficient (Wildman–Crippen LogP) is 3.48. The monoisotopic (exact) mass is 473 g/mol. The van der Waals surface area contributed by atoms with Gasteiger partial charge in [0.15, 0.2) is 0 Å². The number of sulfonamides is 1. The molecule has 8 heteroatoms. The third-order valence-corrected chi connectivity index (χ3v) is 6.72. The summed E-state index contributed by atoms with van der Waals surface area (Å²) >= 11 is 0. The quantitative estimate of drug-likeness (QED) is 0.541. The van der Waals surface area contributed by atoms with E-state index in [9.17, 15) is 18.0 Å². The SMILES string of the molecule is CC[C@@H](C)NC(=O)[C@H](CC)N(Cc1ccc(C)cc1)C(=O)CN(c1ccccc1)S(C)(=O)=O. The van der Waals surface area contributed by atoms with Crippen LogP contribution in [0.25, 0.3) is 0 Å². The summed E-state index contributed by atoms with van der Waals surface area (Å²) in [5.41, 5.74) is 2.36. The number of carbonyl (C=O) groups is 2. The summed E-state index contributed by atoms with van der Waals surface area (Å²) in [6.07, 6.45) is 2.25. The summed E-state index contributed by atoms with van der Waals surface area (Å²) in [4.78, 5) is 28.1. The third kappa shape index (κ3) is 7.60. The molecule has 2 rings (SSSR count). The molecule has 0 aliphatic rings. The van der Waals surface area contributed by atoms with Crippen molar-refractivity contribution in [2.45, 2.75) is 59.2 Å². The smallest absolute Gasteiger partial charge is 0.244 e. The Bertz CT molecular complexity index is 1020. The summed E-state index contributed by atoms with van der Waals surface area (Å²) in [5, 5.41) is 2.96. The lowest BCUT2D eigenvalue weighted by Crippen LogP contribution is -2.53. The van der Waals surface area contributed by atoms with Crippen molar-refractivity contribution in [1.29, 1.82) is 0 Å². The molecule has 0 heterocycles. The van der Waals surface area contributed by atoms with Gasteiger partial charge < -0.3 is 10.2 Å². The lowest BCUT2D eigenvalue weighted by Gasteiger charge is -2.33. The van der Waals surface area contributed by atoms with Gasteiger partial charge in [0.05, 0.1) is 11.9 Å². The first-order chi connectivity index (χ1) is 15.6. The average Bonchev–Trinajstić information content (AvgIpc) is 2.78. The van der Waals surface area contributed by atoms with Gasteiger partial charge >= 0.3 is 0 Å². The van der Waals surface area contributed by atoms with Crippen molar-refractivity contribution >= 4 is 27.5 Å². The van der Waals surface area contributed by atoms with Crippen molar-refractivity contribution in [3.63, 3.8) is 0 Å². The molecule has 1 N–H and O–H groups in total. The van der Waals surface area contributed by atoms with E-state index < -0.39 is 22.0 Å². The van der Waals surface area contributed by atoms with Crippen LogP contribution in [0, 0.1) is 6.92 Å². The Hall–Kier alpha value is -2.87. The average molecular weight is 474 g/mol. The van der Waals surface area contributed by atoms with E-state index in [0.717, 1.165) is 28.1 Å². The molecule has 2 aromatic carbocycles. The molecule has 0 saturated carbocycles. The molecular formula is C25H35N3O4S. The van der Waals surface area contributed by atoms with Gasteiger partial charge in [-0.05, 0) is 44.4 Å². The highest BCUT2D eigenvalue weighted by molar-refractivity contribution is 7.92.